The number of carbonyl (C=O) groups excluding carboxylic acids is 3. The van der Waals surface area contributed by atoms with Gasteiger partial charge in [0.05, 0.1) is 11.3 Å². The third-order valence-electron chi connectivity index (χ3n) is 4.27. The van der Waals surface area contributed by atoms with E-state index in [1.807, 2.05) is 0 Å². The molecule has 1 aliphatic heterocycles. The molecule has 0 radical (unpaired) electrons. The van der Waals surface area contributed by atoms with Gasteiger partial charge in [-0.15, -0.1) is 0 Å². The highest BCUT2D eigenvalue weighted by Crippen LogP contribution is 2.34. The van der Waals surface area contributed by atoms with Crippen LogP contribution in [0.4, 0.5) is 24.5 Å². The van der Waals surface area contributed by atoms with E-state index in [-0.39, 0.29) is 13.1 Å². The lowest BCUT2D eigenvalue weighted by atomic mass is 10.1. The van der Waals surface area contributed by atoms with Gasteiger partial charge in [-0.1, -0.05) is 29.8 Å². The number of anilines is 2. The van der Waals surface area contributed by atoms with E-state index in [2.05, 4.69) is 5.32 Å². The molecular weight excluding hydrogens is 411 g/mol. The number of nitrogens with one attached hydrogen (secondary N) is 1. The van der Waals surface area contributed by atoms with Gasteiger partial charge in [0.2, 0.25) is 5.91 Å². The highest BCUT2D eigenvalue weighted by Gasteiger charge is 2.36. The van der Waals surface area contributed by atoms with E-state index in [0.29, 0.717) is 10.7 Å². The molecule has 0 aromatic heterocycles. The number of amides is 3. The average molecular weight is 426 g/mol. The van der Waals surface area contributed by atoms with Crippen molar-refractivity contribution in [3.05, 3.63) is 59.1 Å². The largest absolute Gasteiger partial charge is 0.418 e. The van der Waals surface area contributed by atoms with Gasteiger partial charge in [0.25, 0.3) is 0 Å². The molecule has 152 valence electrons. The molecule has 3 amide bonds. The summed E-state index contributed by atoms with van der Waals surface area (Å²) in [6, 6.07) is 10.9. The summed E-state index contributed by atoms with van der Waals surface area (Å²) < 4.78 is 39.1. The lowest BCUT2D eigenvalue weighted by Gasteiger charge is -2.33. The van der Waals surface area contributed by atoms with E-state index in [9.17, 15) is 27.6 Å². The highest BCUT2D eigenvalue weighted by molar-refractivity contribution is 6.41. The average Bonchev–Trinajstić information content (AvgIpc) is 2.65. The van der Waals surface area contributed by atoms with Crippen molar-refractivity contribution in [3.63, 3.8) is 0 Å². The zero-order chi connectivity index (χ0) is 21.2. The predicted octanol–water partition coefficient (Wildman–Crippen LogP) is 3.17. The van der Waals surface area contributed by atoms with Crippen molar-refractivity contribution >= 4 is 40.7 Å². The lowest BCUT2D eigenvalue weighted by Crippen LogP contribution is -2.56. The quantitative estimate of drug-likeness (QED) is 0.765. The number of hydrogen-bond donors (Lipinski definition) is 1. The summed E-state index contributed by atoms with van der Waals surface area (Å²) in [4.78, 5) is 39.2. The van der Waals surface area contributed by atoms with Crippen LogP contribution in [0, 0.1) is 0 Å². The van der Waals surface area contributed by atoms with Gasteiger partial charge in [-0.3, -0.25) is 14.4 Å². The SMILES string of the molecule is O=C(CN1CCN(c2cccc(Cl)c2)C(=O)C1=O)Nc1ccccc1C(F)(F)F. The number of halogens is 4. The number of alkyl halides is 3. The minimum atomic E-state index is -4.64. The van der Waals surface area contributed by atoms with E-state index in [1.165, 1.54) is 23.1 Å². The summed E-state index contributed by atoms with van der Waals surface area (Å²) in [5, 5.41) is 2.55. The van der Waals surface area contributed by atoms with Crippen LogP contribution in [0.15, 0.2) is 48.5 Å². The smallest absolute Gasteiger partial charge is 0.324 e. The van der Waals surface area contributed by atoms with Crippen molar-refractivity contribution in [1.29, 1.82) is 0 Å². The number of piperazine rings is 1. The molecule has 0 bridgehead atoms. The van der Waals surface area contributed by atoms with E-state index in [0.717, 1.165) is 17.0 Å². The van der Waals surface area contributed by atoms with Gasteiger partial charge in [0, 0.05) is 23.8 Å². The topological polar surface area (TPSA) is 69.7 Å². The fourth-order valence-electron chi connectivity index (χ4n) is 2.92. The summed E-state index contributed by atoms with van der Waals surface area (Å²) in [7, 11) is 0. The summed E-state index contributed by atoms with van der Waals surface area (Å²) >= 11 is 5.90. The molecule has 0 spiro atoms. The van der Waals surface area contributed by atoms with Gasteiger partial charge in [0.15, 0.2) is 0 Å². The summed E-state index contributed by atoms with van der Waals surface area (Å²) in [6.45, 7) is -0.372. The van der Waals surface area contributed by atoms with Crippen LogP contribution in [0.5, 0.6) is 0 Å². The third kappa shape index (κ3) is 4.68. The number of rotatable bonds is 4. The van der Waals surface area contributed by atoms with Gasteiger partial charge in [-0.2, -0.15) is 13.2 Å². The maximum atomic E-state index is 13.0. The minimum Gasteiger partial charge on any atom is -0.324 e. The molecule has 6 nitrogen and oxygen atoms in total. The molecule has 29 heavy (non-hydrogen) atoms. The van der Waals surface area contributed by atoms with E-state index < -0.39 is 41.7 Å². The molecule has 2 aromatic rings. The van der Waals surface area contributed by atoms with Gasteiger partial charge in [-0.05, 0) is 30.3 Å². The Hall–Kier alpha value is -3.07. The van der Waals surface area contributed by atoms with Crippen LogP contribution < -0.4 is 10.2 Å². The van der Waals surface area contributed by atoms with E-state index in [4.69, 9.17) is 11.6 Å². The summed E-state index contributed by atoms with van der Waals surface area (Å²) in [5.74, 6) is -2.60. The number of nitrogens with zero attached hydrogens (tertiary/aromatic N) is 2. The van der Waals surface area contributed by atoms with Crippen LogP contribution in [-0.2, 0) is 20.6 Å². The molecule has 0 unspecified atom stereocenters. The fourth-order valence-corrected chi connectivity index (χ4v) is 3.10. The van der Waals surface area contributed by atoms with Crippen LogP contribution in [0.1, 0.15) is 5.56 Å². The minimum absolute atomic E-state index is 0.0470. The molecule has 1 aliphatic rings. The number of benzene rings is 2. The second-order valence-corrected chi connectivity index (χ2v) is 6.69. The van der Waals surface area contributed by atoms with Crippen LogP contribution in [0.25, 0.3) is 0 Å². The summed E-state index contributed by atoms with van der Waals surface area (Å²) in [6.07, 6.45) is -4.64. The Morgan fingerprint density at radius 1 is 1.03 bits per heavy atom. The van der Waals surface area contributed by atoms with Crippen molar-refractivity contribution in [2.24, 2.45) is 0 Å². The predicted molar refractivity (Wildman–Crippen MR) is 100 cm³/mol. The standard InChI is InChI=1S/C19H15ClF3N3O3/c20-12-4-3-5-13(10-12)26-9-8-25(17(28)18(26)29)11-16(27)24-15-7-2-1-6-14(15)19(21,22)23/h1-7,10H,8-9,11H2,(H,24,27). The van der Waals surface area contributed by atoms with Gasteiger partial charge in [0.1, 0.15) is 6.54 Å². The first-order valence-electron chi connectivity index (χ1n) is 8.49. The van der Waals surface area contributed by atoms with Gasteiger partial charge >= 0.3 is 18.0 Å². The third-order valence-corrected chi connectivity index (χ3v) is 4.50. The van der Waals surface area contributed by atoms with Crippen LogP contribution in [0.2, 0.25) is 5.02 Å². The first-order chi connectivity index (χ1) is 13.7. The molecule has 10 heteroatoms. The molecule has 1 saturated heterocycles. The van der Waals surface area contributed by atoms with E-state index >= 15 is 0 Å². The molecule has 0 aliphatic carbocycles. The van der Waals surface area contributed by atoms with Gasteiger partial charge in [-0.25, -0.2) is 0 Å². The maximum Gasteiger partial charge on any atom is 0.418 e. The van der Waals surface area contributed by atoms with Gasteiger partial charge < -0.3 is 15.1 Å². The monoisotopic (exact) mass is 425 g/mol. The molecular formula is C19H15ClF3N3O3. The van der Waals surface area contributed by atoms with Crippen molar-refractivity contribution < 1.29 is 27.6 Å². The summed E-state index contributed by atoms with van der Waals surface area (Å²) in [5.41, 5.74) is -0.970. The zero-order valence-corrected chi connectivity index (χ0v) is 15.6. The maximum absolute atomic E-state index is 13.0. The van der Waals surface area contributed by atoms with Crippen LogP contribution >= 0.6 is 11.6 Å². The second kappa shape index (κ2) is 8.12. The Morgan fingerprint density at radius 3 is 2.45 bits per heavy atom. The lowest BCUT2D eigenvalue weighted by molar-refractivity contribution is -0.147. The first-order valence-corrected chi connectivity index (χ1v) is 8.87. The van der Waals surface area contributed by atoms with Crippen molar-refractivity contribution in [3.8, 4) is 0 Å². The molecule has 1 heterocycles. The molecule has 0 atom stereocenters. The molecule has 2 aromatic carbocycles. The van der Waals surface area contributed by atoms with E-state index in [1.54, 1.807) is 18.2 Å². The first kappa shape index (κ1) is 20.7. The second-order valence-electron chi connectivity index (χ2n) is 6.25. The Balaban J connectivity index is 1.67. The molecule has 1 N–H and O–H groups in total. The van der Waals surface area contributed by atoms with Crippen LogP contribution in [0.3, 0.4) is 0 Å². The molecule has 3 rings (SSSR count). The van der Waals surface area contributed by atoms with Crippen molar-refractivity contribution in [2.45, 2.75) is 6.18 Å². The zero-order valence-electron chi connectivity index (χ0n) is 14.9. The van der Waals surface area contributed by atoms with Crippen LogP contribution in [-0.4, -0.2) is 42.3 Å². The molecule has 0 saturated carbocycles. The number of carbonyl (C=O) groups is 3. The van der Waals surface area contributed by atoms with Crippen molar-refractivity contribution in [1.82, 2.24) is 4.90 Å². The van der Waals surface area contributed by atoms with Crippen molar-refractivity contribution in [2.75, 3.05) is 29.9 Å². The molecule has 1 fully saturated rings. The Morgan fingerprint density at radius 2 is 1.76 bits per heavy atom. The normalized spacial score (nSPS) is 14.9. The number of hydrogen-bond acceptors (Lipinski definition) is 3. The highest BCUT2D eigenvalue weighted by atomic mass is 35.5. The Kier molecular flexibility index (Phi) is 5.78. The Bertz CT molecular complexity index is 965. The number of para-hydroxylation sites is 1. The Labute approximate surface area is 168 Å². The fraction of sp³-hybridized carbons (Fsp3) is 0.211.